The Labute approximate surface area is 96.7 Å². The lowest BCUT2D eigenvalue weighted by Gasteiger charge is -2.15. The van der Waals surface area contributed by atoms with E-state index in [1.807, 2.05) is 13.0 Å². The summed E-state index contributed by atoms with van der Waals surface area (Å²) in [5.74, 6) is -0.0844. The molecule has 1 rings (SSSR count). The monoisotopic (exact) mass is 240 g/mol. The highest BCUT2D eigenvalue weighted by atomic mass is 32.2. The van der Waals surface area contributed by atoms with Gasteiger partial charge >= 0.3 is 0 Å². The third-order valence-electron chi connectivity index (χ3n) is 2.01. The molecular formula is C11H13FN2OS. The van der Waals surface area contributed by atoms with Gasteiger partial charge in [0, 0.05) is 28.9 Å². The van der Waals surface area contributed by atoms with E-state index in [9.17, 15) is 8.60 Å². The molecule has 0 saturated carbocycles. The molecule has 0 fully saturated rings. The summed E-state index contributed by atoms with van der Waals surface area (Å²) in [7, 11) is -0.922. The zero-order valence-electron chi connectivity index (χ0n) is 9.16. The van der Waals surface area contributed by atoms with Crippen molar-refractivity contribution in [3.63, 3.8) is 0 Å². The molecular weight excluding hydrogens is 227 g/mol. The lowest BCUT2D eigenvalue weighted by Crippen LogP contribution is -2.22. The number of nitriles is 1. The Balaban J connectivity index is 2.85. The fraction of sp³-hybridized carbons (Fsp3) is 0.364. The molecule has 0 bridgehead atoms. The van der Waals surface area contributed by atoms with E-state index in [0.29, 0.717) is 11.4 Å². The molecule has 2 atom stereocenters. The van der Waals surface area contributed by atoms with E-state index in [4.69, 9.17) is 5.26 Å². The minimum Gasteiger partial charge on any atom is -0.381 e. The van der Waals surface area contributed by atoms with Gasteiger partial charge in [-0.25, -0.2) is 4.39 Å². The van der Waals surface area contributed by atoms with Gasteiger partial charge in [-0.3, -0.25) is 4.21 Å². The van der Waals surface area contributed by atoms with Crippen molar-refractivity contribution < 1.29 is 8.60 Å². The average molecular weight is 240 g/mol. The van der Waals surface area contributed by atoms with Gasteiger partial charge in [0.15, 0.2) is 0 Å². The number of rotatable bonds is 4. The Bertz CT molecular complexity index is 442. The van der Waals surface area contributed by atoms with Crippen molar-refractivity contribution in [2.75, 3.05) is 17.3 Å². The molecule has 0 aliphatic rings. The van der Waals surface area contributed by atoms with Crippen LogP contribution in [0.15, 0.2) is 18.2 Å². The van der Waals surface area contributed by atoms with E-state index in [0.717, 1.165) is 0 Å². The first kappa shape index (κ1) is 12.7. The van der Waals surface area contributed by atoms with Crippen LogP contribution in [0.25, 0.3) is 0 Å². The van der Waals surface area contributed by atoms with Gasteiger partial charge in [0.1, 0.15) is 17.4 Å². The Morgan fingerprint density at radius 3 is 2.88 bits per heavy atom. The van der Waals surface area contributed by atoms with E-state index in [1.165, 1.54) is 12.1 Å². The van der Waals surface area contributed by atoms with Gasteiger partial charge in [0.2, 0.25) is 0 Å². The maximum Gasteiger partial charge on any atom is 0.143 e. The van der Waals surface area contributed by atoms with Crippen LogP contribution in [-0.2, 0) is 10.8 Å². The Hall–Kier alpha value is -1.41. The van der Waals surface area contributed by atoms with Crippen LogP contribution in [0.2, 0.25) is 0 Å². The summed E-state index contributed by atoms with van der Waals surface area (Å²) in [5, 5.41) is 11.8. The van der Waals surface area contributed by atoms with Crippen LogP contribution in [0.5, 0.6) is 0 Å². The fourth-order valence-corrected chi connectivity index (χ4v) is 2.20. The van der Waals surface area contributed by atoms with Gasteiger partial charge in [0.05, 0.1) is 5.69 Å². The smallest absolute Gasteiger partial charge is 0.143 e. The van der Waals surface area contributed by atoms with Crippen molar-refractivity contribution >= 4 is 16.5 Å². The molecule has 0 saturated heterocycles. The molecule has 0 radical (unpaired) electrons. The molecule has 0 spiro atoms. The Kier molecular flexibility index (Phi) is 4.44. The van der Waals surface area contributed by atoms with Crippen LogP contribution in [0.3, 0.4) is 0 Å². The number of nitrogens with one attached hydrogen (secondary N) is 1. The number of halogens is 1. The van der Waals surface area contributed by atoms with Crippen molar-refractivity contribution in [1.82, 2.24) is 0 Å². The van der Waals surface area contributed by atoms with Crippen LogP contribution in [0, 0.1) is 17.1 Å². The molecule has 0 aromatic heterocycles. The molecule has 1 N–H and O–H groups in total. The summed E-state index contributed by atoms with van der Waals surface area (Å²) < 4.78 is 24.2. The SMILES string of the molecule is CC(CS(C)=O)Nc1cccc(F)c1C#N. The topological polar surface area (TPSA) is 52.9 Å². The van der Waals surface area contributed by atoms with E-state index in [-0.39, 0.29) is 11.6 Å². The van der Waals surface area contributed by atoms with Crippen molar-refractivity contribution in [3.05, 3.63) is 29.6 Å². The van der Waals surface area contributed by atoms with Gasteiger partial charge in [0.25, 0.3) is 0 Å². The number of hydrogen-bond acceptors (Lipinski definition) is 3. The van der Waals surface area contributed by atoms with E-state index < -0.39 is 16.6 Å². The number of benzene rings is 1. The highest BCUT2D eigenvalue weighted by Gasteiger charge is 2.10. The first-order chi connectivity index (χ1) is 7.54. The van der Waals surface area contributed by atoms with Gasteiger partial charge in [-0.05, 0) is 19.1 Å². The average Bonchev–Trinajstić information content (AvgIpc) is 2.16. The van der Waals surface area contributed by atoms with E-state index >= 15 is 0 Å². The fourth-order valence-electron chi connectivity index (χ4n) is 1.42. The van der Waals surface area contributed by atoms with Crippen LogP contribution < -0.4 is 5.32 Å². The summed E-state index contributed by atoms with van der Waals surface area (Å²) >= 11 is 0. The maximum absolute atomic E-state index is 13.2. The second-order valence-electron chi connectivity index (χ2n) is 3.56. The predicted octanol–water partition coefficient (Wildman–Crippen LogP) is 1.88. The quantitative estimate of drug-likeness (QED) is 0.874. The van der Waals surface area contributed by atoms with E-state index in [1.54, 1.807) is 12.3 Å². The molecule has 0 amide bonds. The normalized spacial score (nSPS) is 13.9. The minimum absolute atomic E-state index is 0.00349. The van der Waals surface area contributed by atoms with E-state index in [2.05, 4.69) is 5.32 Å². The highest BCUT2D eigenvalue weighted by molar-refractivity contribution is 7.84. The molecule has 1 aromatic rings. The Morgan fingerprint density at radius 2 is 2.31 bits per heavy atom. The van der Waals surface area contributed by atoms with Crippen molar-refractivity contribution in [1.29, 1.82) is 5.26 Å². The van der Waals surface area contributed by atoms with Crippen LogP contribution in [0.1, 0.15) is 12.5 Å². The number of anilines is 1. The van der Waals surface area contributed by atoms with Crippen LogP contribution in [-0.4, -0.2) is 22.3 Å². The van der Waals surface area contributed by atoms with Gasteiger partial charge in [-0.1, -0.05) is 6.07 Å². The molecule has 16 heavy (non-hydrogen) atoms. The summed E-state index contributed by atoms with van der Waals surface area (Å²) in [6, 6.07) is 6.15. The van der Waals surface area contributed by atoms with Crippen molar-refractivity contribution in [2.24, 2.45) is 0 Å². The second-order valence-corrected chi connectivity index (χ2v) is 5.04. The molecule has 1 aromatic carbocycles. The molecule has 3 nitrogen and oxygen atoms in total. The Morgan fingerprint density at radius 1 is 1.62 bits per heavy atom. The van der Waals surface area contributed by atoms with Gasteiger partial charge in [-0.2, -0.15) is 5.26 Å². The summed E-state index contributed by atoms with van der Waals surface area (Å²) in [5.41, 5.74) is 0.441. The molecule has 86 valence electrons. The van der Waals surface area contributed by atoms with Crippen molar-refractivity contribution in [2.45, 2.75) is 13.0 Å². The molecule has 0 aliphatic carbocycles. The number of hydrogen-bond donors (Lipinski definition) is 1. The first-order valence-corrected chi connectivity index (χ1v) is 6.52. The summed E-state index contributed by atoms with van der Waals surface area (Å²) in [6.45, 7) is 1.84. The van der Waals surface area contributed by atoms with Crippen LogP contribution in [0.4, 0.5) is 10.1 Å². The summed E-state index contributed by atoms with van der Waals surface area (Å²) in [4.78, 5) is 0. The summed E-state index contributed by atoms with van der Waals surface area (Å²) in [6.07, 6.45) is 1.61. The lowest BCUT2D eigenvalue weighted by molar-refractivity contribution is 0.624. The third kappa shape index (κ3) is 3.31. The maximum atomic E-state index is 13.2. The standard InChI is InChI=1S/C11H13FN2OS/c1-8(7-16(2)15)14-11-5-3-4-10(12)9(11)6-13/h3-5,8,14H,7H2,1-2H3. The second kappa shape index (κ2) is 5.61. The minimum atomic E-state index is -0.922. The third-order valence-corrected chi connectivity index (χ3v) is 2.98. The highest BCUT2D eigenvalue weighted by Crippen LogP contribution is 2.18. The predicted molar refractivity (Wildman–Crippen MR) is 63.1 cm³/mol. The lowest BCUT2D eigenvalue weighted by atomic mass is 10.1. The number of nitrogens with zero attached hydrogens (tertiary/aromatic N) is 1. The molecule has 2 unspecified atom stereocenters. The van der Waals surface area contributed by atoms with Crippen LogP contribution >= 0.6 is 0 Å². The molecule has 0 heterocycles. The van der Waals surface area contributed by atoms with Gasteiger partial charge < -0.3 is 5.32 Å². The van der Waals surface area contributed by atoms with Gasteiger partial charge in [-0.15, -0.1) is 0 Å². The van der Waals surface area contributed by atoms with Crippen molar-refractivity contribution in [3.8, 4) is 6.07 Å². The zero-order chi connectivity index (χ0) is 12.1. The first-order valence-electron chi connectivity index (χ1n) is 4.79. The largest absolute Gasteiger partial charge is 0.381 e. The molecule has 0 aliphatic heterocycles. The molecule has 5 heteroatoms. The zero-order valence-corrected chi connectivity index (χ0v) is 9.97.